The summed E-state index contributed by atoms with van der Waals surface area (Å²) in [6.45, 7) is 1.07. The van der Waals surface area contributed by atoms with Crippen molar-refractivity contribution in [2.75, 3.05) is 6.54 Å². The van der Waals surface area contributed by atoms with Gasteiger partial charge in [0.15, 0.2) is 11.5 Å². The van der Waals surface area contributed by atoms with E-state index in [1.54, 1.807) is 6.20 Å². The Labute approximate surface area is 159 Å². The van der Waals surface area contributed by atoms with E-state index in [0.29, 0.717) is 42.8 Å². The summed E-state index contributed by atoms with van der Waals surface area (Å²) in [6, 6.07) is 5.59. The van der Waals surface area contributed by atoms with Crippen molar-refractivity contribution in [2.24, 2.45) is 5.73 Å². The molecule has 0 unspecified atom stereocenters. The van der Waals surface area contributed by atoms with E-state index in [-0.39, 0.29) is 22.7 Å². The number of aromatic nitrogens is 1. The van der Waals surface area contributed by atoms with E-state index < -0.39 is 12.2 Å². The maximum atomic E-state index is 13.7. The molecule has 4 aliphatic rings. The fourth-order valence-corrected chi connectivity index (χ4v) is 4.00. The lowest BCUT2D eigenvalue weighted by molar-refractivity contribution is -0.326. The van der Waals surface area contributed by atoms with Crippen LogP contribution in [0.4, 0.5) is 8.78 Å². The molecule has 3 heterocycles. The molecule has 28 heavy (non-hydrogen) atoms. The first-order valence-corrected chi connectivity index (χ1v) is 8.82. The molecule has 0 spiro atoms. The summed E-state index contributed by atoms with van der Waals surface area (Å²) >= 11 is 0. The van der Waals surface area contributed by atoms with Gasteiger partial charge in [0.2, 0.25) is 0 Å². The zero-order chi connectivity index (χ0) is 19.5. The Hall–Kier alpha value is -3.16. The van der Waals surface area contributed by atoms with Gasteiger partial charge in [0.05, 0.1) is 23.5 Å². The number of hydrogen-bond donors (Lipinski definition) is 1. The van der Waals surface area contributed by atoms with Crippen LogP contribution < -0.4 is 5.73 Å². The third-order valence-electron chi connectivity index (χ3n) is 5.04. The Morgan fingerprint density at radius 2 is 2.21 bits per heavy atom. The van der Waals surface area contributed by atoms with Crippen molar-refractivity contribution in [3.05, 3.63) is 82.1 Å². The van der Waals surface area contributed by atoms with Crippen molar-refractivity contribution >= 4 is 5.91 Å². The molecule has 0 bridgehead atoms. The Balaban J connectivity index is 1.66. The van der Waals surface area contributed by atoms with Gasteiger partial charge in [-0.05, 0) is 42.2 Å². The molecule has 6 nitrogen and oxygen atoms in total. The van der Waals surface area contributed by atoms with Crippen LogP contribution in [0, 0.1) is 6.42 Å². The second kappa shape index (κ2) is 5.92. The summed E-state index contributed by atoms with van der Waals surface area (Å²) in [5.74, 6) is -0.924. The van der Waals surface area contributed by atoms with Gasteiger partial charge in [-0.1, -0.05) is 6.07 Å². The molecule has 2 radical (unpaired) electrons. The molecule has 2 N–H and O–H groups in total. The number of piperidine rings is 1. The van der Waals surface area contributed by atoms with E-state index in [4.69, 9.17) is 10.5 Å². The first kappa shape index (κ1) is 17.0. The van der Waals surface area contributed by atoms with Gasteiger partial charge >= 0.3 is 6.29 Å². The van der Waals surface area contributed by atoms with E-state index in [9.17, 15) is 13.6 Å². The van der Waals surface area contributed by atoms with Crippen molar-refractivity contribution in [3.8, 4) is 0 Å². The highest BCUT2D eigenvalue weighted by molar-refractivity contribution is 6.02. The molecule has 0 aromatic carbocycles. The van der Waals surface area contributed by atoms with Gasteiger partial charge in [-0.3, -0.25) is 9.78 Å². The van der Waals surface area contributed by atoms with Crippen LogP contribution in [0.2, 0.25) is 0 Å². The molecule has 2 aliphatic carbocycles. The molecule has 2 aliphatic heterocycles. The van der Waals surface area contributed by atoms with E-state index in [0.717, 1.165) is 5.69 Å². The summed E-state index contributed by atoms with van der Waals surface area (Å²) in [5, 5.41) is 0. The normalized spacial score (nSPS) is 22.4. The van der Waals surface area contributed by atoms with Gasteiger partial charge < -0.3 is 20.1 Å². The van der Waals surface area contributed by atoms with Crippen molar-refractivity contribution in [2.45, 2.75) is 25.7 Å². The smallest absolute Gasteiger partial charge is 0.396 e. The standard InChI is InChI=1S/C20H15F2N3O3/c21-20(22)27-14-7-6-12-13-5-3-9-25(10-11-4-1-2-8-24-11)17(13)16(19(23)26)15(12)18(14)28-20/h1-2,4,7-8H,3,6,9-10H2,(H2,23,26). The minimum Gasteiger partial charge on any atom is -0.396 e. The third-order valence-corrected chi connectivity index (χ3v) is 5.04. The molecule has 0 saturated carbocycles. The maximum absolute atomic E-state index is 13.7. The molecule has 5 rings (SSSR count). The number of ether oxygens (including phenoxy) is 2. The second-order valence-electron chi connectivity index (χ2n) is 6.75. The SMILES string of the molecule is NC(=O)C1=C2C(=C3CC=C4OC(F)(F)OC4=C31)[C]CCN2Cc1ccccn1. The van der Waals surface area contributed by atoms with E-state index in [1.165, 1.54) is 6.08 Å². The van der Waals surface area contributed by atoms with Crippen molar-refractivity contribution < 1.29 is 23.0 Å². The van der Waals surface area contributed by atoms with Gasteiger partial charge in [0, 0.05) is 24.7 Å². The second-order valence-corrected chi connectivity index (χ2v) is 6.75. The molecule has 8 heteroatoms. The fourth-order valence-electron chi connectivity index (χ4n) is 4.00. The fraction of sp³-hybridized carbons (Fsp3) is 0.250. The van der Waals surface area contributed by atoms with Crippen LogP contribution in [0.5, 0.6) is 0 Å². The highest BCUT2D eigenvalue weighted by Gasteiger charge is 2.51. The molecule has 142 valence electrons. The zero-order valence-corrected chi connectivity index (χ0v) is 14.7. The predicted octanol–water partition coefficient (Wildman–Crippen LogP) is 2.56. The number of fused-ring (bicyclic) bond motifs is 3. The third kappa shape index (κ3) is 2.51. The number of carbonyl (C=O) groups excluding carboxylic acids is 1. The number of pyridine rings is 1. The Morgan fingerprint density at radius 3 is 2.96 bits per heavy atom. The number of nitrogens with two attached hydrogens (primary N) is 1. The maximum Gasteiger partial charge on any atom is 0.586 e. The number of hydrogen-bond acceptors (Lipinski definition) is 5. The van der Waals surface area contributed by atoms with Gasteiger partial charge in [0.25, 0.3) is 5.91 Å². The molecule has 0 atom stereocenters. The highest BCUT2D eigenvalue weighted by Crippen LogP contribution is 2.52. The first-order chi connectivity index (χ1) is 13.4. The Kier molecular flexibility index (Phi) is 3.59. The lowest BCUT2D eigenvalue weighted by Gasteiger charge is -2.32. The van der Waals surface area contributed by atoms with E-state index in [2.05, 4.69) is 16.1 Å². The van der Waals surface area contributed by atoms with Gasteiger partial charge in [-0.15, -0.1) is 8.78 Å². The summed E-state index contributed by atoms with van der Waals surface area (Å²) in [6.07, 6.45) is 3.71. The number of nitrogens with zero attached hydrogens (tertiary/aromatic N) is 2. The number of allylic oxidation sites excluding steroid dienone is 3. The summed E-state index contributed by atoms with van der Waals surface area (Å²) in [7, 11) is 0. The minimum absolute atomic E-state index is 0.0707. The molecule has 1 amide bonds. The summed E-state index contributed by atoms with van der Waals surface area (Å²) in [5.41, 5.74) is 8.97. The summed E-state index contributed by atoms with van der Waals surface area (Å²) in [4.78, 5) is 18.7. The van der Waals surface area contributed by atoms with Crippen molar-refractivity contribution in [1.82, 2.24) is 9.88 Å². The van der Waals surface area contributed by atoms with E-state index in [1.807, 2.05) is 23.1 Å². The molecule has 1 aromatic heterocycles. The first-order valence-electron chi connectivity index (χ1n) is 8.82. The quantitative estimate of drug-likeness (QED) is 0.868. The lowest BCUT2D eigenvalue weighted by Crippen LogP contribution is -2.31. The Bertz CT molecular complexity index is 1010. The zero-order valence-electron chi connectivity index (χ0n) is 14.7. The number of likely N-dealkylation sites (tertiary alicyclic amines) is 1. The topological polar surface area (TPSA) is 77.7 Å². The van der Waals surface area contributed by atoms with Gasteiger partial charge in [0.1, 0.15) is 0 Å². The van der Waals surface area contributed by atoms with Crippen molar-refractivity contribution in [3.63, 3.8) is 0 Å². The monoisotopic (exact) mass is 383 g/mol. The number of rotatable bonds is 3. The average Bonchev–Trinajstić information content (AvgIpc) is 3.16. The molecular weight excluding hydrogens is 368 g/mol. The predicted molar refractivity (Wildman–Crippen MR) is 92.6 cm³/mol. The van der Waals surface area contributed by atoms with Crippen LogP contribution in [-0.4, -0.2) is 28.6 Å². The van der Waals surface area contributed by atoms with Crippen LogP contribution in [0.15, 0.2) is 70.0 Å². The number of carbonyl (C=O) groups is 1. The van der Waals surface area contributed by atoms with Gasteiger partial charge in [-0.25, -0.2) is 0 Å². The van der Waals surface area contributed by atoms with Gasteiger partial charge in [-0.2, -0.15) is 0 Å². The van der Waals surface area contributed by atoms with Crippen LogP contribution in [0.1, 0.15) is 18.5 Å². The van der Waals surface area contributed by atoms with E-state index >= 15 is 0 Å². The van der Waals surface area contributed by atoms with Crippen LogP contribution in [0.25, 0.3) is 0 Å². The molecule has 1 aromatic rings. The number of halogens is 2. The largest absolute Gasteiger partial charge is 0.586 e. The van der Waals surface area contributed by atoms with Crippen molar-refractivity contribution in [1.29, 1.82) is 0 Å². The minimum atomic E-state index is -3.77. The summed E-state index contributed by atoms with van der Waals surface area (Å²) < 4.78 is 36.6. The lowest BCUT2D eigenvalue weighted by atomic mass is 9.91. The molecule has 2 saturated heterocycles. The van der Waals surface area contributed by atoms with Crippen LogP contribution in [-0.2, 0) is 20.8 Å². The average molecular weight is 383 g/mol. The number of alkyl halides is 2. The van der Waals surface area contributed by atoms with Crippen LogP contribution in [0.3, 0.4) is 0 Å². The molecular formula is C20H15F2N3O3. The number of primary amides is 1. The Morgan fingerprint density at radius 1 is 1.36 bits per heavy atom. The number of amides is 1. The molecule has 2 fully saturated rings. The highest BCUT2D eigenvalue weighted by atomic mass is 19.3. The van der Waals surface area contributed by atoms with Crippen LogP contribution >= 0.6 is 0 Å².